The number of amides is 3. The minimum atomic E-state index is -0.770. The van der Waals surface area contributed by atoms with Gasteiger partial charge in [-0.05, 0) is 12.0 Å². The minimum Gasteiger partial charge on any atom is -0.451 e. The number of hydrogen-bond acceptors (Lipinski definition) is 4. The fraction of sp³-hybridized carbons (Fsp3) is 0.312. The lowest BCUT2D eigenvalue weighted by Gasteiger charge is -2.08. The molecule has 3 N–H and O–H groups in total. The van der Waals surface area contributed by atoms with E-state index in [0.29, 0.717) is 17.4 Å². The molecule has 0 spiro atoms. The van der Waals surface area contributed by atoms with Crippen molar-refractivity contribution in [2.24, 2.45) is 5.92 Å². The van der Waals surface area contributed by atoms with E-state index in [4.69, 9.17) is 16.3 Å². The average molecular weight is 352 g/mol. The number of fused-ring (bicyclic) bond motifs is 1. The lowest BCUT2D eigenvalue weighted by Crippen LogP contribution is -2.42. The van der Waals surface area contributed by atoms with Crippen LogP contribution in [0.3, 0.4) is 0 Å². The van der Waals surface area contributed by atoms with Crippen molar-refractivity contribution in [1.82, 2.24) is 15.6 Å². The van der Waals surface area contributed by atoms with E-state index in [2.05, 4.69) is 15.6 Å². The van der Waals surface area contributed by atoms with Gasteiger partial charge in [0.15, 0.2) is 6.61 Å². The molecule has 7 nitrogen and oxygen atoms in total. The third-order valence-corrected chi connectivity index (χ3v) is 3.50. The van der Waals surface area contributed by atoms with Crippen LogP contribution >= 0.6 is 11.6 Å². The van der Waals surface area contributed by atoms with E-state index in [1.807, 2.05) is 13.8 Å². The molecular weight excluding hydrogens is 334 g/mol. The Balaban J connectivity index is 1.89. The SMILES string of the molecule is CC(C)CNC(=O)NC(=O)COC(=O)c1[nH]c2ccccc2c1Cl. The number of benzene rings is 1. The Morgan fingerprint density at radius 1 is 1.25 bits per heavy atom. The number of rotatable bonds is 5. The second-order valence-electron chi connectivity index (χ2n) is 5.59. The second kappa shape index (κ2) is 7.83. The fourth-order valence-corrected chi connectivity index (χ4v) is 2.24. The van der Waals surface area contributed by atoms with Gasteiger partial charge in [-0.1, -0.05) is 43.6 Å². The van der Waals surface area contributed by atoms with E-state index in [1.165, 1.54) is 0 Å². The number of nitrogens with one attached hydrogen (secondary N) is 3. The van der Waals surface area contributed by atoms with Gasteiger partial charge in [0.1, 0.15) is 5.69 Å². The zero-order valence-corrected chi connectivity index (χ0v) is 14.1. The first kappa shape index (κ1) is 17.8. The van der Waals surface area contributed by atoms with Gasteiger partial charge in [0, 0.05) is 17.4 Å². The van der Waals surface area contributed by atoms with Crippen molar-refractivity contribution in [2.75, 3.05) is 13.2 Å². The number of halogens is 1. The Bertz CT molecular complexity index is 770. The number of aromatic amines is 1. The van der Waals surface area contributed by atoms with Gasteiger partial charge in [0.2, 0.25) is 0 Å². The molecule has 0 aliphatic heterocycles. The van der Waals surface area contributed by atoms with Crippen molar-refractivity contribution in [1.29, 1.82) is 0 Å². The van der Waals surface area contributed by atoms with E-state index in [-0.39, 0.29) is 16.6 Å². The van der Waals surface area contributed by atoms with Gasteiger partial charge < -0.3 is 15.0 Å². The number of ether oxygens (including phenoxy) is 1. The molecule has 0 fully saturated rings. The number of para-hydroxylation sites is 1. The van der Waals surface area contributed by atoms with Crippen LogP contribution in [0.15, 0.2) is 24.3 Å². The van der Waals surface area contributed by atoms with Crippen LogP contribution in [-0.4, -0.2) is 36.0 Å². The summed E-state index contributed by atoms with van der Waals surface area (Å²) in [5.74, 6) is -1.24. The van der Waals surface area contributed by atoms with Crippen LogP contribution in [0.1, 0.15) is 24.3 Å². The van der Waals surface area contributed by atoms with Crippen LogP contribution in [0.25, 0.3) is 10.9 Å². The van der Waals surface area contributed by atoms with Crippen molar-refractivity contribution in [2.45, 2.75) is 13.8 Å². The Morgan fingerprint density at radius 2 is 1.96 bits per heavy atom. The van der Waals surface area contributed by atoms with Gasteiger partial charge in [-0.3, -0.25) is 10.1 Å². The van der Waals surface area contributed by atoms with Gasteiger partial charge in [0.25, 0.3) is 5.91 Å². The highest BCUT2D eigenvalue weighted by atomic mass is 35.5. The summed E-state index contributed by atoms with van der Waals surface area (Å²) >= 11 is 6.13. The minimum absolute atomic E-state index is 0.0647. The van der Waals surface area contributed by atoms with Gasteiger partial charge in [-0.25, -0.2) is 9.59 Å². The summed E-state index contributed by atoms with van der Waals surface area (Å²) in [5, 5.41) is 5.51. The molecule has 24 heavy (non-hydrogen) atoms. The van der Waals surface area contributed by atoms with E-state index in [9.17, 15) is 14.4 Å². The van der Waals surface area contributed by atoms with Crippen LogP contribution in [0.4, 0.5) is 4.79 Å². The van der Waals surface area contributed by atoms with Gasteiger partial charge in [-0.2, -0.15) is 0 Å². The first-order valence-electron chi connectivity index (χ1n) is 7.39. The first-order chi connectivity index (χ1) is 11.4. The average Bonchev–Trinajstić information content (AvgIpc) is 2.88. The molecule has 1 aromatic heterocycles. The molecular formula is C16H18ClN3O4. The van der Waals surface area contributed by atoms with Crippen LogP contribution in [0, 0.1) is 5.92 Å². The van der Waals surface area contributed by atoms with Gasteiger partial charge in [-0.15, -0.1) is 0 Å². The van der Waals surface area contributed by atoms with Crippen molar-refractivity contribution >= 4 is 40.4 Å². The normalized spacial score (nSPS) is 10.7. The summed E-state index contributed by atoms with van der Waals surface area (Å²) in [5.41, 5.74) is 0.752. The number of imide groups is 1. The summed E-state index contributed by atoms with van der Waals surface area (Å²) in [6, 6.07) is 6.49. The topological polar surface area (TPSA) is 100 Å². The van der Waals surface area contributed by atoms with Crippen molar-refractivity contribution in [3.63, 3.8) is 0 Å². The quantitative estimate of drug-likeness (QED) is 0.720. The lowest BCUT2D eigenvalue weighted by molar-refractivity contribution is -0.123. The number of hydrogen-bond donors (Lipinski definition) is 3. The van der Waals surface area contributed by atoms with Crippen LogP contribution in [0.2, 0.25) is 5.02 Å². The molecule has 0 aliphatic rings. The molecule has 2 rings (SSSR count). The molecule has 1 heterocycles. The predicted octanol–water partition coefficient (Wildman–Crippen LogP) is 2.46. The zero-order valence-electron chi connectivity index (χ0n) is 13.3. The zero-order chi connectivity index (χ0) is 17.7. The smallest absolute Gasteiger partial charge is 0.356 e. The lowest BCUT2D eigenvalue weighted by atomic mass is 10.2. The summed E-state index contributed by atoms with van der Waals surface area (Å²) in [4.78, 5) is 37.9. The van der Waals surface area contributed by atoms with E-state index in [0.717, 1.165) is 0 Å². The highest BCUT2D eigenvalue weighted by molar-refractivity contribution is 6.38. The molecule has 0 saturated carbocycles. The molecule has 0 saturated heterocycles. The predicted molar refractivity (Wildman–Crippen MR) is 90.0 cm³/mol. The number of carbonyl (C=O) groups excluding carboxylic acids is 3. The maximum Gasteiger partial charge on any atom is 0.356 e. The molecule has 2 aromatic rings. The third kappa shape index (κ3) is 4.48. The van der Waals surface area contributed by atoms with E-state index < -0.39 is 24.5 Å². The van der Waals surface area contributed by atoms with Crippen LogP contribution < -0.4 is 10.6 Å². The molecule has 8 heteroatoms. The molecule has 3 amide bonds. The largest absolute Gasteiger partial charge is 0.451 e. The first-order valence-corrected chi connectivity index (χ1v) is 7.77. The van der Waals surface area contributed by atoms with E-state index >= 15 is 0 Å². The van der Waals surface area contributed by atoms with Gasteiger partial charge in [0.05, 0.1) is 5.02 Å². The second-order valence-corrected chi connectivity index (χ2v) is 5.97. The Kier molecular flexibility index (Phi) is 5.81. The number of aromatic nitrogens is 1. The number of urea groups is 1. The summed E-state index contributed by atoms with van der Waals surface area (Å²) in [6.07, 6.45) is 0. The molecule has 1 aromatic carbocycles. The number of esters is 1. The molecule has 128 valence electrons. The Morgan fingerprint density at radius 3 is 2.62 bits per heavy atom. The van der Waals surface area contributed by atoms with Crippen LogP contribution in [0.5, 0.6) is 0 Å². The van der Waals surface area contributed by atoms with Crippen LogP contribution in [-0.2, 0) is 9.53 Å². The summed E-state index contributed by atoms with van der Waals surface area (Å²) in [7, 11) is 0. The molecule has 0 atom stereocenters. The fourth-order valence-electron chi connectivity index (χ4n) is 1.96. The molecule has 0 unspecified atom stereocenters. The standard InChI is InChI=1S/C16H18ClN3O4/c1-9(2)7-18-16(23)20-12(21)8-24-15(22)14-13(17)10-5-3-4-6-11(10)19-14/h3-6,9,19H,7-8H2,1-2H3,(H2,18,20,21,23). The Hall–Kier alpha value is -2.54. The highest BCUT2D eigenvalue weighted by Crippen LogP contribution is 2.27. The number of H-pyrrole nitrogens is 1. The van der Waals surface area contributed by atoms with Gasteiger partial charge >= 0.3 is 12.0 Å². The number of carbonyl (C=O) groups is 3. The monoisotopic (exact) mass is 351 g/mol. The maximum atomic E-state index is 12.0. The third-order valence-electron chi connectivity index (χ3n) is 3.10. The molecule has 0 aliphatic carbocycles. The highest BCUT2D eigenvalue weighted by Gasteiger charge is 2.19. The van der Waals surface area contributed by atoms with Crippen molar-refractivity contribution in [3.8, 4) is 0 Å². The maximum absolute atomic E-state index is 12.0. The van der Waals surface area contributed by atoms with Crippen molar-refractivity contribution < 1.29 is 19.1 Å². The summed E-state index contributed by atoms with van der Waals surface area (Å²) < 4.78 is 4.88. The van der Waals surface area contributed by atoms with E-state index in [1.54, 1.807) is 24.3 Å². The summed E-state index contributed by atoms with van der Waals surface area (Å²) in [6.45, 7) is 3.70. The Labute approximate surface area is 143 Å². The molecule has 0 bridgehead atoms. The molecule has 0 radical (unpaired) electrons. The van der Waals surface area contributed by atoms with Crippen molar-refractivity contribution in [3.05, 3.63) is 35.0 Å².